The number of hydrogen-bond acceptors (Lipinski definition) is 8. The Morgan fingerprint density at radius 1 is 1.28 bits per heavy atom. The maximum atomic E-state index is 13.6. The first kappa shape index (κ1) is 22.3. The van der Waals surface area contributed by atoms with Crippen molar-refractivity contribution in [2.75, 3.05) is 39.4 Å². The molecule has 3 fully saturated rings. The van der Waals surface area contributed by atoms with E-state index >= 15 is 0 Å². The van der Waals surface area contributed by atoms with Gasteiger partial charge < -0.3 is 19.6 Å². The summed E-state index contributed by atoms with van der Waals surface area (Å²) >= 11 is 1.51. The van der Waals surface area contributed by atoms with E-state index in [1.165, 1.54) is 17.7 Å². The van der Waals surface area contributed by atoms with Gasteiger partial charge in [0.1, 0.15) is 11.3 Å². The van der Waals surface area contributed by atoms with Gasteiger partial charge in [-0.05, 0) is 42.7 Å². The quantitative estimate of drug-likeness (QED) is 0.662. The molecule has 32 heavy (non-hydrogen) atoms. The van der Waals surface area contributed by atoms with Crippen LogP contribution in [0.4, 0.5) is 0 Å². The lowest BCUT2D eigenvalue weighted by Crippen LogP contribution is -2.48. The number of carboxylic acid groups (broad SMARTS) is 1. The van der Waals surface area contributed by atoms with Crippen LogP contribution in [-0.4, -0.2) is 92.8 Å². The van der Waals surface area contributed by atoms with Crippen molar-refractivity contribution in [3.8, 4) is 5.00 Å². The predicted octanol–water partition coefficient (Wildman–Crippen LogP) is 0.752. The van der Waals surface area contributed by atoms with Crippen LogP contribution in [-0.2, 0) is 14.3 Å². The first-order chi connectivity index (χ1) is 15.4. The number of nitrogens with zero attached hydrogens (tertiary/aromatic N) is 6. The second kappa shape index (κ2) is 8.94. The largest absolute Gasteiger partial charge is 0.483 e. The van der Waals surface area contributed by atoms with E-state index in [1.54, 1.807) is 4.68 Å². The van der Waals surface area contributed by atoms with Gasteiger partial charge in [0.05, 0.1) is 24.2 Å². The fourth-order valence-corrected chi connectivity index (χ4v) is 5.93. The lowest BCUT2D eigenvalue weighted by molar-refractivity contribution is -0.141. The average molecular weight is 463 g/mol. The van der Waals surface area contributed by atoms with Gasteiger partial charge in [-0.1, -0.05) is 0 Å². The molecule has 2 aromatic heterocycles. The van der Waals surface area contributed by atoms with Crippen molar-refractivity contribution < 1.29 is 24.2 Å². The van der Waals surface area contributed by atoms with E-state index in [1.807, 2.05) is 23.6 Å². The van der Waals surface area contributed by atoms with Crippen LogP contribution in [0.2, 0.25) is 0 Å². The van der Waals surface area contributed by atoms with E-state index in [0.717, 1.165) is 41.4 Å². The molecule has 5 heterocycles. The molecule has 0 bridgehead atoms. The molecular weight excluding hydrogens is 436 g/mol. The van der Waals surface area contributed by atoms with Gasteiger partial charge >= 0.3 is 0 Å². The Bertz CT molecular complexity index is 1000. The van der Waals surface area contributed by atoms with Gasteiger partial charge in [0.25, 0.3) is 12.4 Å². The molecule has 0 unspecified atom stereocenters. The molecule has 3 aliphatic rings. The minimum atomic E-state index is -0.603. The van der Waals surface area contributed by atoms with E-state index in [2.05, 4.69) is 15.5 Å². The molecular formula is C20H26N6O5S. The number of tetrazole rings is 1. The van der Waals surface area contributed by atoms with Crippen LogP contribution in [0.15, 0.2) is 6.33 Å². The number of likely N-dealkylation sites (tertiary alicyclic amines) is 2. The highest BCUT2D eigenvalue weighted by atomic mass is 32.1. The number of thiophene rings is 1. The molecule has 0 saturated carbocycles. The highest BCUT2D eigenvalue weighted by Crippen LogP contribution is 2.44. The van der Waals surface area contributed by atoms with Gasteiger partial charge in [-0.3, -0.25) is 14.4 Å². The number of amides is 2. The summed E-state index contributed by atoms with van der Waals surface area (Å²) in [5.74, 6) is 0.156. The highest BCUT2D eigenvalue weighted by Gasteiger charge is 2.58. The number of aromatic nitrogens is 4. The molecule has 3 saturated heterocycles. The van der Waals surface area contributed by atoms with Crippen molar-refractivity contribution in [2.24, 2.45) is 11.3 Å². The number of rotatable bonds is 3. The summed E-state index contributed by atoms with van der Waals surface area (Å²) in [6.07, 6.45) is 3.61. The summed E-state index contributed by atoms with van der Waals surface area (Å²) in [5, 5.41) is 19.0. The Kier molecular flexibility index (Phi) is 6.24. The third-order valence-electron chi connectivity index (χ3n) is 6.62. The van der Waals surface area contributed by atoms with Gasteiger partial charge in [0.2, 0.25) is 5.91 Å². The Morgan fingerprint density at radius 3 is 2.66 bits per heavy atom. The fraction of sp³-hybridized carbons (Fsp3) is 0.600. The summed E-state index contributed by atoms with van der Waals surface area (Å²) in [7, 11) is 0. The molecule has 0 aromatic carbocycles. The molecule has 12 heteroatoms. The Hall–Kier alpha value is -2.86. The van der Waals surface area contributed by atoms with E-state index in [4.69, 9.17) is 14.6 Å². The third kappa shape index (κ3) is 3.66. The number of aryl methyl sites for hydroxylation is 1. The Balaban J connectivity index is 0.000000775. The number of ether oxygens (including phenoxy) is 1. The second-order valence-electron chi connectivity index (χ2n) is 8.38. The highest BCUT2D eigenvalue weighted by molar-refractivity contribution is 7.15. The first-order valence-electron chi connectivity index (χ1n) is 10.5. The number of fused-ring (bicyclic) bond motifs is 1. The monoisotopic (exact) mass is 462 g/mol. The second-order valence-corrected chi connectivity index (χ2v) is 9.58. The molecule has 2 atom stereocenters. The van der Waals surface area contributed by atoms with Crippen LogP contribution in [0, 0.1) is 25.2 Å². The van der Waals surface area contributed by atoms with Crippen LogP contribution in [0.1, 0.15) is 33.6 Å². The van der Waals surface area contributed by atoms with Crippen molar-refractivity contribution in [2.45, 2.75) is 26.7 Å². The van der Waals surface area contributed by atoms with Crippen LogP contribution in [0.3, 0.4) is 0 Å². The molecule has 3 aliphatic heterocycles. The van der Waals surface area contributed by atoms with E-state index < -0.39 is 5.41 Å². The molecule has 5 rings (SSSR count). The van der Waals surface area contributed by atoms with Crippen molar-refractivity contribution >= 4 is 29.6 Å². The molecule has 2 amide bonds. The average Bonchev–Trinajstić information content (AvgIpc) is 3.57. The fourth-order valence-electron chi connectivity index (χ4n) is 4.86. The lowest BCUT2D eigenvalue weighted by atomic mass is 9.79. The summed E-state index contributed by atoms with van der Waals surface area (Å²) in [6.45, 7) is 7.22. The van der Waals surface area contributed by atoms with Crippen molar-refractivity contribution in [3.05, 3.63) is 22.3 Å². The molecule has 0 spiro atoms. The summed E-state index contributed by atoms with van der Waals surface area (Å²) in [5.41, 5.74) is 0.969. The number of carbonyl (C=O) groups is 3. The predicted molar refractivity (Wildman–Crippen MR) is 114 cm³/mol. The van der Waals surface area contributed by atoms with Gasteiger partial charge in [0.15, 0.2) is 0 Å². The number of hydrogen-bond donors (Lipinski definition) is 1. The van der Waals surface area contributed by atoms with Gasteiger partial charge in [-0.15, -0.1) is 16.4 Å². The smallest absolute Gasteiger partial charge is 0.290 e. The minimum absolute atomic E-state index is 0.0519. The maximum Gasteiger partial charge on any atom is 0.290 e. The van der Waals surface area contributed by atoms with E-state index in [9.17, 15) is 9.59 Å². The molecule has 172 valence electrons. The van der Waals surface area contributed by atoms with Gasteiger partial charge in [0, 0.05) is 37.0 Å². The van der Waals surface area contributed by atoms with Gasteiger partial charge in [-0.2, -0.15) is 4.68 Å². The molecule has 2 aromatic rings. The van der Waals surface area contributed by atoms with E-state index in [-0.39, 0.29) is 24.2 Å². The van der Waals surface area contributed by atoms with E-state index in [0.29, 0.717) is 31.9 Å². The normalized spacial score (nSPS) is 24.2. The van der Waals surface area contributed by atoms with Crippen LogP contribution >= 0.6 is 11.3 Å². The zero-order chi connectivity index (χ0) is 22.9. The summed E-state index contributed by atoms with van der Waals surface area (Å²) in [6, 6.07) is 0. The molecule has 1 N–H and O–H groups in total. The van der Waals surface area contributed by atoms with Crippen LogP contribution in [0.25, 0.3) is 5.00 Å². The SMILES string of the molecule is Cc1sc(-n2cnnn2)c(C(=O)N2C[C@H]3COC[C@@]3(C(=O)N3CCCC3)C2)c1C.O=CO. The first-order valence-corrected chi connectivity index (χ1v) is 11.3. The molecule has 11 nitrogen and oxygen atoms in total. The van der Waals surface area contributed by atoms with Crippen molar-refractivity contribution in [1.29, 1.82) is 0 Å². The molecule has 0 radical (unpaired) electrons. The Morgan fingerprint density at radius 2 is 2.00 bits per heavy atom. The third-order valence-corrected chi connectivity index (χ3v) is 7.81. The molecule has 0 aliphatic carbocycles. The zero-order valence-corrected chi connectivity index (χ0v) is 18.9. The van der Waals surface area contributed by atoms with Crippen LogP contribution in [0.5, 0.6) is 0 Å². The summed E-state index contributed by atoms with van der Waals surface area (Å²) in [4.78, 5) is 40.2. The standard InChI is InChI=1S/C19H24N6O3S.CH2O2/c1-12-13(2)29-17(25-11-20-21-22-25)15(12)16(26)24-7-14-8-28-10-19(14,9-24)18(27)23-5-3-4-6-23;2-1-3/h11,14H,3-10H2,1-2H3;1H,(H,2,3)/t14-,19-;/m0./s1. The number of carbonyl (C=O) groups excluding carboxylic acids is 2. The lowest BCUT2D eigenvalue weighted by Gasteiger charge is -2.30. The topological polar surface area (TPSA) is 131 Å². The van der Waals surface area contributed by atoms with Crippen molar-refractivity contribution in [3.63, 3.8) is 0 Å². The van der Waals surface area contributed by atoms with Crippen molar-refractivity contribution in [1.82, 2.24) is 30.0 Å². The zero-order valence-electron chi connectivity index (χ0n) is 18.1. The Labute approximate surface area is 188 Å². The minimum Gasteiger partial charge on any atom is -0.483 e. The maximum absolute atomic E-state index is 13.6. The van der Waals surface area contributed by atoms with Crippen LogP contribution < -0.4 is 0 Å². The summed E-state index contributed by atoms with van der Waals surface area (Å²) < 4.78 is 7.27. The van der Waals surface area contributed by atoms with Gasteiger partial charge in [-0.25, -0.2) is 0 Å².